The number of nitrogens with zero attached hydrogens (tertiary/aromatic N) is 1. The summed E-state index contributed by atoms with van der Waals surface area (Å²) in [6.45, 7) is 0. The molecule has 70 heavy (non-hydrogen) atoms. The lowest BCUT2D eigenvalue weighted by Crippen LogP contribution is -2.33. The maximum Gasteiger partial charge on any atom is 0.0895 e. The van der Waals surface area contributed by atoms with Gasteiger partial charge >= 0.3 is 0 Å². The monoisotopic (exact) mass is 1060 g/mol. The van der Waals surface area contributed by atoms with E-state index in [0.717, 1.165) is 67.3 Å². The molecule has 6 aromatic carbocycles. The number of fused-ring (bicyclic) bond motifs is 2. The van der Waals surface area contributed by atoms with Gasteiger partial charge in [0, 0.05) is 84.1 Å². The zero-order chi connectivity index (χ0) is 48.6. The van der Waals surface area contributed by atoms with Gasteiger partial charge in [0.05, 0.1) is 16.3 Å². The van der Waals surface area contributed by atoms with Gasteiger partial charge in [-0.3, -0.25) is 0 Å². The molecule has 7 aromatic rings. The van der Waals surface area contributed by atoms with Gasteiger partial charge in [0.15, 0.2) is 0 Å². The SMILES string of the molecule is NC1=C(/c2ccccc2)c2ccc(Sc3ccc(Cl)cc3)n2C2(/C=C(Sc3ccc(Cl)cc3)/C=C\1)/C=C(Sc1ccc(Cl)cc1)/C=C/C(N)=C(c1ccccc1)/C(N)=C\C=C(\Sc1ccc(Cl)cc1)C2. The molecule has 0 amide bonds. The number of aromatic nitrogens is 1. The highest BCUT2D eigenvalue weighted by Crippen LogP contribution is 2.49. The quantitative estimate of drug-likeness (QED) is 0.126. The van der Waals surface area contributed by atoms with Crippen molar-refractivity contribution in [2.75, 3.05) is 0 Å². The molecule has 9 rings (SSSR count). The van der Waals surface area contributed by atoms with Crippen LogP contribution < -0.4 is 17.2 Å². The fourth-order valence-electron chi connectivity index (χ4n) is 8.10. The lowest BCUT2D eigenvalue weighted by molar-refractivity contribution is 0.436. The predicted molar refractivity (Wildman–Crippen MR) is 304 cm³/mol. The van der Waals surface area contributed by atoms with Gasteiger partial charge in [-0.25, -0.2) is 0 Å². The molecule has 0 radical (unpaired) electrons. The fraction of sp³-hybridized carbons (Fsp3) is 0.0345. The van der Waals surface area contributed by atoms with Crippen LogP contribution in [-0.2, 0) is 5.54 Å². The normalized spacial score (nSPS) is 22.5. The first-order valence-corrected chi connectivity index (χ1v) is 26.8. The van der Waals surface area contributed by atoms with Gasteiger partial charge < -0.3 is 21.8 Å². The van der Waals surface area contributed by atoms with Gasteiger partial charge in [0.2, 0.25) is 0 Å². The summed E-state index contributed by atoms with van der Waals surface area (Å²) in [5, 5.41) is 3.58. The Labute approximate surface area is 446 Å². The number of nitrogens with two attached hydrogens (primary N) is 3. The minimum absolute atomic E-state index is 0.443. The molecule has 0 fully saturated rings. The average Bonchev–Trinajstić information content (AvgIpc) is 3.79. The van der Waals surface area contributed by atoms with Gasteiger partial charge in [0.25, 0.3) is 0 Å². The van der Waals surface area contributed by atoms with Crippen molar-refractivity contribution in [2.24, 2.45) is 17.2 Å². The summed E-state index contributed by atoms with van der Waals surface area (Å²) in [6, 6.07) is 56.3. The molecule has 1 atom stereocenters. The molecular formula is C58H44Cl4N4S4. The Hall–Kier alpha value is -5.52. The van der Waals surface area contributed by atoms with E-state index in [1.807, 2.05) is 164 Å². The van der Waals surface area contributed by atoms with Gasteiger partial charge in [-0.2, -0.15) is 0 Å². The van der Waals surface area contributed by atoms with Crippen LogP contribution in [0.25, 0.3) is 11.1 Å². The van der Waals surface area contributed by atoms with E-state index in [2.05, 4.69) is 59.2 Å². The molecule has 1 aliphatic heterocycles. The van der Waals surface area contributed by atoms with Crippen molar-refractivity contribution >= 4 is 105 Å². The third kappa shape index (κ3) is 12.1. The number of benzene rings is 6. The van der Waals surface area contributed by atoms with Crippen LogP contribution in [0.3, 0.4) is 0 Å². The van der Waals surface area contributed by atoms with Crippen molar-refractivity contribution in [1.29, 1.82) is 0 Å². The van der Waals surface area contributed by atoms with E-state index < -0.39 is 5.54 Å². The van der Waals surface area contributed by atoms with E-state index in [4.69, 9.17) is 63.6 Å². The highest BCUT2D eigenvalue weighted by molar-refractivity contribution is 8.03. The number of thioether (sulfide) groups is 3. The Morgan fingerprint density at radius 2 is 0.829 bits per heavy atom. The molecule has 0 bridgehead atoms. The smallest absolute Gasteiger partial charge is 0.0895 e. The molecule has 6 N–H and O–H groups in total. The van der Waals surface area contributed by atoms with Crippen LogP contribution in [-0.4, -0.2) is 4.57 Å². The number of rotatable bonds is 10. The number of hydrogen-bond acceptors (Lipinski definition) is 7. The third-order valence-corrected chi connectivity index (χ3v) is 16.3. The first kappa shape index (κ1) is 49.5. The average molecular weight is 1070 g/mol. The second-order valence-electron chi connectivity index (χ2n) is 16.2. The van der Waals surface area contributed by atoms with Crippen molar-refractivity contribution in [3.63, 3.8) is 0 Å². The summed E-state index contributed by atoms with van der Waals surface area (Å²) >= 11 is 32.5. The van der Waals surface area contributed by atoms with Crippen molar-refractivity contribution in [1.82, 2.24) is 4.57 Å². The highest BCUT2D eigenvalue weighted by Gasteiger charge is 2.36. The molecule has 0 saturated carbocycles. The van der Waals surface area contributed by atoms with Gasteiger partial charge in [-0.1, -0.05) is 160 Å². The number of hydrogen-bond donors (Lipinski definition) is 3. The van der Waals surface area contributed by atoms with Crippen molar-refractivity contribution in [3.8, 4) is 0 Å². The topological polar surface area (TPSA) is 83.0 Å². The minimum atomic E-state index is -1.01. The molecule has 2 heterocycles. The molecule has 1 aromatic heterocycles. The van der Waals surface area contributed by atoms with Crippen molar-refractivity contribution in [3.05, 3.63) is 287 Å². The third-order valence-electron chi connectivity index (χ3n) is 11.3. The lowest BCUT2D eigenvalue weighted by Gasteiger charge is -2.36. The van der Waals surface area contributed by atoms with Crippen LogP contribution in [0.1, 0.15) is 23.2 Å². The van der Waals surface area contributed by atoms with E-state index in [9.17, 15) is 0 Å². The molecule has 348 valence electrons. The van der Waals surface area contributed by atoms with Crippen LogP contribution in [0.5, 0.6) is 0 Å². The standard InChI is InChI=1S/C58H44Cl4N4S4/c59-40-11-19-44(20-12-40)67-48-27-30-51(63)56(38-7-3-1-4-8-38)52(64)31-28-49(68-45-21-13-41(60)14-22-45)36-58(35-48)37-50(69-46-23-15-42(61)16-24-46)29-32-53(65)57(39-9-5-2-6-10-39)54-33-34-55(66(54)58)70-47-25-17-43(62)18-26-47/h1-35,37H,36,63-65H2/b30-27+,32-29-,48-35-,49-28+,50-37-,52-31+,56-51-,57-53-. The Bertz CT molecular complexity index is 3260. The molecule has 4 nitrogen and oxygen atoms in total. The zero-order valence-electron chi connectivity index (χ0n) is 37.3. The van der Waals surface area contributed by atoms with E-state index in [1.165, 1.54) is 0 Å². The summed E-state index contributed by atoms with van der Waals surface area (Å²) in [7, 11) is 0. The minimum Gasteiger partial charge on any atom is -0.398 e. The second kappa shape index (κ2) is 22.7. The van der Waals surface area contributed by atoms with Crippen molar-refractivity contribution in [2.45, 2.75) is 36.6 Å². The molecule has 12 heteroatoms. The number of allylic oxidation sites excluding steroid dienone is 10. The molecular weight excluding hydrogens is 1020 g/mol. The Kier molecular flexibility index (Phi) is 16.0. The number of halogens is 4. The molecule has 0 saturated heterocycles. The molecule has 1 spiro atoms. The van der Waals surface area contributed by atoms with Crippen LogP contribution >= 0.6 is 93.5 Å². The van der Waals surface area contributed by atoms with Crippen LogP contribution in [0, 0.1) is 0 Å². The van der Waals surface area contributed by atoms with E-state index in [1.54, 1.807) is 47.0 Å². The molecule has 1 aliphatic carbocycles. The maximum atomic E-state index is 7.35. The van der Waals surface area contributed by atoms with E-state index >= 15 is 0 Å². The fourth-order valence-corrected chi connectivity index (χ4v) is 12.5. The second-order valence-corrected chi connectivity index (χ2v) is 22.5. The summed E-state index contributed by atoms with van der Waals surface area (Å²) in [4.78, 5) is 6.86. The Balaban J connectivity index is 1.41. The Morgan fingerprint density at radius 1 is 0.414 bits per heavy atom. The lowest BCUT2D eigenvalue weighted by atomic mass is 9.90. The summed E-state index contributed by atoms with van der Waals surface area (Å²) in [6.07, 6.45) is 17.4. The maximum absolute atomic E-state index is 7.35. The largest absolute Gasteiger partial charge is 0.398 e. The van der Waals surface area contributed by atoms with Crippen LogP contribution in [0.15, 0.2) is 275 Å². The summed E-state index contributed by atoms with van der Waals surface area (Å²) in [5.74, 6) is 0. The van der Waals surface area contributed by atoms with Crippen molar-refractivity contribution < 1.29 is 0 Å². The van der Waals surface area contributed by atoms with Crippen LogP contribution in [0.4, 0.5) is 0 Å². The Morgan fingerprint density at radius 3 is 1.30 bits per heavy atom. The van der Waals surface area contributed by atoms with E-state index in [-0.39, 0.29) is 0 Å². The predicted octanol–water partition coefficient (Wildman–Crippen LogP) is 17.4. The zero-order valence-corrected chi connectivity index (χ0v) is 43.6. The van der Waals surface area contributed by atoms with Gasteiger partial charge in [0.1, 0.15) is 0 Å². The first-order chi connectivity index (χ1) is 34.0. The first-order valence-electron chi connectivity index (χ1n) is 22.0. The van der Waals surface area contributed by atoms with Crippen LogP contribution in [0.2, 0.25) is 20.1 Å². The summed E-state index contributed by atoms with van der Waals surface area (Å²) in [5.41, 5.74) is 26.7. The molecule has 2 aliphatic rings. The van der Waals surface area contributed by atoms with E-state index in [0.29, 0.717) is 43.6 Å². The molecule has 1 unspecified atom stereocenters. The van der Waals surface area contributed by atoms with Gasteiger partial charge in [-0.15, -0.1) is 0 Å². The highest BCUT2D eigenvalue weighted by atomic mass is 35.5. The van der Waals surface area contributed by atoms with Gasteiger partial charge in [-0.05, 0) is 168 Å². The summed E-state index contributed by atoms with van der Waals surface area (Å²) < 4.78 is 2.44.